The molecule has 1 heterocycles. The zero-order valence-electron chi connectivity index (χ0n) is 16.5. The minimum Gasteiger partial charge on any atom is -0.362 e. The summed E-state index contributed by atoms with van der Waals surface area (Å²) in [5, 5.41) is 2.96. The van der Waals surface area contributed by atoms with Crippen LogP contribution in [0, 0.1) is 0 Å². The van der Waals surface area contributed by atoms with E-state index in [1.165, 1.54) is 16.4 Å². The predicted octanol–water partition coefficient (Wildman–Crippen LogP) is 3.98. The van der Waals surface area contributed by atoms with Crippen molar-refractivity contribution in [3.8, 4) is 0 Å². The molecule has 6 nitrogen and oxygen atoms in total. The molecule has 0 spiro atoms. The number of carbonyl (C=O) groups excluding carboxylic acids is 1. The average molecular weight is 436 g/mol. The Labute approximate surface area is 177 Å². The minimum atomic E-state index is -3.68. The Bertz CT molecular complexity index is 945. The number of halogens is 1. The van der Waals surface area contributed by atoms with E-state index in [4.69, 9.17) is 11.6 Å². The number of amides is 1. The maximum Gasteiger partial charge on any atom is 0.244 e. The van der Waals surface area contributed by atoms with E-state index >= 15 is 0 Å². The summed E-state index contributed by atoms with van der Waals surface area (Å²) < 4.78 is 27.4. The molecule has 1 fully saturated rings. The Kier molecular flexibility index (Phi) is 7.16. The molecule has 0 saturated carbocycles. The second-order valence-electron chi connectivity index (χ2n) is 7.01. The molecule has 1 saturated heterocycles. The molecule has 1 aliphatic heterocycles. The molecule has 29 heavy (non-hydrogen) atoms. The summed E-state index contributed by atoms with van der Waals surface area (Å²) >= 11 is 6.20. The van der Waals surface area contributed by atoms with Gasteiger partial charge >= 0.3 is 0 Å². The van der Waals surface area contributed by atoms with Crippen LogP contribution in [0.2, 0.25) is 5.02 Å². The third-order valence-corrected chi connectivity index (χ3v) is 7.37. The van der Waals surface area contributed by atoms with Crippen molar-refractivity contribution in [3.63, 3.8) is 0 Å². The van der Waals surface area contributed by atoms with Gasteiger partial charge in [0, 0.05) is 31.0 Å². The van der Waals surface area contributed by atoms with Crippen molar-refractivity contribution in [3.05, 3.63) is 53.6 Å². The van der Waals surface area contributed by atoms with Gasteiger partial charge in [-0.05, 0) is 50.1 Å². The van der Waals surface area contributed by atoms with E-state index < -0.39 is 10.0 Å². The molecule has 0 atom stereocenters. The van der Waals surface area contributed by atoms with Gasteiger partial charge in [-0.2, -0.15) is 4.31 Å². The van der Waals surface area contributed by atoms with E-state index in [-0.39, 0.29) is 22.4 Å². The Hall–Kier alpha value is -2.09. The van der Waals surface area contributed by atoms with Crippen molar-refractivity contribution < 1.29 is 13.2 Å². The standard InChI is InChI=1S/C21H26ClN3O3S/c1-2-24(18-9-5-3-6-10-18)16-21(26)23-17-11-12-19(22)20(15-17)29(27,28)25-13-7-4-8-14-25/h3,5-6,9-12,15H,2,4,7-8,13-14,16H2,1H3,(H,23,26). The first-order chi connectivity index (χ1) is 13.9. The fourth-order valence-electron chi connectivity index (χ4n) is 3.42. The maximum absolute atomic E-state index is 13.0. The fraction of sp³-hybridized carbons (Fsp3) is 0.381. The van der Waals surface area contributed by atoms with Crippen LogP contribution in [0.15, 0.2) is 53.4 Å². The van der Waals surface area contributed by atoms with Crippen LogP contribution < -0.4 is 10.2 Å². The summed E-state index contributed by atoms with van der Waals surface area (Å²) in [5.41, 5.74) is 1.37. The van der Waals surface area contributed by atoms with Crippen molar-refractivity contribution in [2.24, 2.45) is 0 Å². The number of rotatable bonds is 7. The van der Waals surface area contributed by atoms with Gasteiger partial charge in [0.25, 0.3) is 0 Å². The van der Waals surface area contributed by atoms with Gasteiger partial charge in [0.2, 0.25) is 15.9 Å². The number of likely N-dealkylation sites (N-methyl/N-ethyl adjacent to an activating group) is 1. The summed E-state index contributed by atoms with van der Waals surface area (Å²) in [6.07, 6.45) is 2.73. The van der Waals surface area contributed by atoms with Crippen LogP contribution in [-0.2, 0) is 14.8 Å². The summed E-state index contributed by atoms with van der Waals surface area (Å²) in [6.45, 7) is 3.81. The van der Waals surface area contributed by atoms with E-state index in [9.17, 15) is 13.2 Å². The average Bonchev–Trinajstić information content (AvgIpc) is 2.74. The minimum absolute atomic E-state index is 0.0364. The van der Waals surface area contributed by atoms with Gasteiger partial charge in [0.1, 0.15) is 4.90 Å². The number of hydrogen-bond acceptors (Lipinski definition) is 4. The van der Waals surface area contributed by atoms with Crippen molar-refractivity contribution in [2.45, 2.75) is 31.1 Å². The van der Waals surface area contributed by atoms with Crippen LogP contribution in [0.1, 0.15) is 26.2 Å². The molecule has 2 aromatic rings. The third-order valence-electron chi connectivity index (χ3n) is 4.99. The third kappa shape index (κ3) is 5.29. The van der Waals surface area contributed by atoms with Gasteiger partial charge in [-0.15, -0.1) is 0 Å². The fourth-order valence-corrected chi connectivity index (χ4v) is 5.44. The summed E-state index contributed by atoms with van der Waals surface area (Å²) in [7, 11) is -3.68. The molecule has 0 aliphatic carbocycles. The highest BCUT2D eigenvalue weighted by atomic mass is 35.5. The number of nitrogens with zero attached hydrogens (tertiary/aromatic N) is 2. The number of sulfonamides is 1. The quantitative estimate of drug-likeness (QED) is 0.714. The molecule has 2 aromatic carbocycles. The summed E-state index contributed by atoms with van der Waals surface area (Å²) in [6, 6.07) is 14.2. The SMILES string of the molecule is CCN(CC(=O)Nc1ccc(Cl)c(S(=O)(=O)N2CCCCC2)c1)c1ccccc1. The number of para-hydroxylation sites is 1. The van der Waals surface area contributed by atoms with Gasteiger partial charge in [0.05, 0.1) is 11.6 Å². The molecule has 8 heteroatoms. The Balaban J connectivity index is 1.74. The molecule has 0 aromatic heterocycles. The molecule has 0 radical (unpaired) electrons. The van der Waals surface area contributed by atoms with E-state index in [0.717, 1.165) is 24.9 Å². The Morgan fingerprint density at radius 3 is 2.45 bits per heavy atom. The predicted molar refractivity (Wildman–Crippen MR) is 117 cm³/mol. The van der Waals surface area contributed by atoms with E-state index in [1.54, 1.807) is 6.07 Å². The van der Waals surface area contributed by atoms with Gasteiger partial charge in [-0.3, -0.25) is 4.79 Å². The largest absolute Gasteiger partial charge is 0.362 e. The molecule has 156 valence electrons. The lowest BCUT2D eigenvalue weighted by Crippen LogP contribution is -2.36. The zero-order valence-corrected chi connectivity index (χ0v) is 18.0. The molecule has 1 aliphatic rings. The lowest BCUT2D eigenvalue weighted by atomic mass is 10.2. The van der Waals surface area contributed by atoms with Crippen molar-refractivity contribution in [1.29, 1.82) is 0 Å². The van der Waals surface area contributed by atoms with E-state index in [2.05, 4.69) is 5.32 Å². The molecule has 1 N–H and O–H groups in total. The van der Waals surface area contributed by atoms with Crippen molar-refractivity contribution in [1.82, 2.24) is 4.31 Å². The van der Waals surface area contributed by atoms with Gasteiger partial charge in [0.15, 0.2) is 0 Å². The first-order valence-corrected chi connectivity index (χ1v) is 11.6. The number of piperidine rings is 1. The highest BCUT2D eigenvalue weighted by molar-refractivity contribution is 7.89. The highest BCUT2D eigenvalue weighted by Gasteiger charge is 2.28. The van der Waals surface area contributed by atoms with Gasteiger partial charge in [-0.25, -0.2) is 8.42 Å². The second kappa shape index (κ2) is 9.61. The van der Waals surface area contributed by atoms with Crippen molar-refractivity contribution >= 4 is 38.9 Å². The lowest BCUT2D eigenvalue weighted by molar-refractivity contribution is -0.115. The number of nitrogens with one attached hydrogen (secondary N) is 1. The molecular formula is C21H26ClN3O3S. The Morgan fingerprint density at radius 2 is 1.79 bits per heavy atom. The summed E-state index contributed by atoms with van der Waals surface area (Å²) in [4.78, 5) is 14.5. The molecule has 1 amide bonds. The van der Waals surface area contributed by atoms with E-state index in [1.807, 2.05) is 42.2 Å². The van der Waals surface area contributed by atoms with Gasteiger partial charge in [-0.1, -0.05) is 36.2 Å². The molecule has 0 unspecified atom stereocenters. The first-order valence-electron chi connectivity index (χ1n) is 9.81. The van der Waals surface area contributed by atoms with Crippen LogP contribution in [0.25, 0.3) is 0 Å². The number of hydrogen-bond donors (Lipinski definition) is 1. The number of anilines is 2. The topological polar surface area (TPSA) is 69.7 Å². The summed E-state index contributed by atoms with van der Waals surface area (Å²) in [5.74, 6) is -0.223. The van der Waals surface area contributed by atoms with Crippen LogP contribution >= 0.6 is 11.6 Å². The van der Waals surface area contributed by atoms with Crippen LogP contribution in [0.4, 0.5) is 11.4 Å². The van der Waals surface area contributed by atoms with Crippen LogP contribution in [0.3, 0.4) is 0 Å². The van der Waals surface area contributed by atoms with E-state index in [0.29, 0.717) is 25.3 Å². The smallest absolute Gasteiger partial charge is 0.244 e. The van der Waals surface area contributed by atoms with Gasteiger partial charge < -0.3 is 10.2 Å². The highest BCUT2D eigenvalue weighted by Crippen LogP contribution is 2.29. The van der Waals surface area contributed by atoms with Crippen molar-refractivity contribution in [2.75, 3.05) is 36.4 Å². The zero-order chi connectivity index (χ0) is 20.9. The Morgan fingerprint density at radius 1 is 1.10 bits per heavy atom. The monoisotopic (exact) mass is 435 g/mol. The molecular weight excluding hydrogens is 410 g/mol. The van der Waals surface area contributed by atoms with Crippen LogP contribution in [0.5, 0.6) is 0 Å². The number of benzene rings is 2. The number of carbonyl (C=O) groups is 1. The normalized spacial score (nSPS) is 15.1. The maximum atomic E-state index is 13.0. The first kappa shape index (κ1) is 21.6. The molecule has 0 bridgehead atoms. The second-order valence-corrected chi connectivity index (χ2v) is 9.32. The van der Waals surface area contributed by atoms with Crippen LogP contribution in [-0.4, -0.2) is 44.8 Å². The lowest BCUT2D eigenvalue weighted by Gasteiger charge is -2.26. The molecule has 3 rings (SSSR count).